The molecule has 5 aliphatic rings. The number of nitrogens with one attached hydrogen (secondary N) is 1. The van der Waals surface area contributed by atoms with Gasteiger partial charge in [-0.2, -0.15) is 8.78 Å². The highest BCUT2D eigenvalue weighted by Gasteiger charge is 2.49. The predicted octanol–water partition coefficient (Wildman–Crippen LogP) is 3.59. The molecule has 0 aliphatic heterocycles. The SMILES string of the molecule is O=C(NC1C2CC3CC(C2)CC1C3)c1onc(OCC(F)(F)C(O)O)c1SC1CCCC1. The number of hydrogen-bond donors (Lipinski definition) is 3. The van der Waals surface area contributed by atoms with E-state index in [1.54, 1.807) is 0 Å². The molecule has 178 valence electrons. The number of hydrogen-bond acceptors (Lipinski definition) is 7. The van der Waals surface area contributed by atoms with Crippen LogP contribution in [0.1, 0.15) is 68.3 Å². The molecular formula is C22H30F2N2O5S. The minimum atomic E-state index is -3.86. The van der Waals surface area contributed by atoms with E-state index in [1.807, 2.05) is 0 Å². The molecule has 1 aromatic heterocycles. The van der Waals surface area contributed by atoms with Crippen LogP contribution < -0.4 is 10.1 Å². The summed E-state index contributed by atoms with van der Waals surface area (Å²) in [6, 6.07) is 0.114. The number of aromatic nitrogens is 1. The first kappa shape index (κ1) is 22.4. The van der Waals surface area contributed by atoms with E-state index in [2.05, 4.69) is 10.5 Å². The van der Waals surface area contributed by atoms with Crippen molar-refractivity contribution < 1.29 is 33.0 Å². The fourth-order valence-corrected chi connectivity index (χ4v) is 7.73. The van der Waals surface area contributed by atoms with E-state index < -0.39 is 18.8 Å². The minimum absolute atomic E-state index is 0.00132. The van der Waals surface area contributed by atoms with E-state index in [0.717, 1.165) is 63.2 Å². The number of nitrogens with zero attached hydrogens (tertiary/aromatic N) is 1. The predicted molar refractivity (Wildman–Crippen MR) is 112 cm³/mol. The fraction of sp³-hybridized carbons (Fsp3) is 0.818. The lowest BCUT2D eigenvalue weighted by Crippen LogP contribution is -2.55. The van der Waals surface area contributed by atoms with Crippen LogP contribution in [0.3, 0.4) is 0 Å². The number of rotatable bonds is 8. The molecule has 0 aromatic carbocycles. The van der Waals surface area contributed by atoms with Crippen molar-refractivity contribution >= 4 is 17.7 Å². The van der Waals surface area contributed by atoms with Gasteiger partial charge in [-0.3, -0.25) is 4.79 Å². The van der Waals surface area contributed by atoms with Crippen molar-refractivity contribution in [3.63, 3.8) is 0 Å². The minimum Gasteiger partial charge on any atom is -0.468 e. The number of halogens is 2. The summed E-state index contributed by atoms with van der Waals surface area (Å²) in [5, 5.41) is 24.8. The Hall–Kier alpha value is -1.39. The number of carbonyl (C=O) groups excluding carboxylic acids is 1. The molecule has 10 heteroatoms. The summed E-state index contributed by atoms with van der Waals surface area (Å²) in [6.07, 6.45) is 7.17. The van der Waals surface area contributed by atoms with Gasteiger partial charge in [0.05, 0.1) is 0 Å². The highest BCUT2D eigenvalue weighted by atomic mass is 32.2. The van der Waals surface area contributed by atoms with Crippen molar-refractivity contribution in [2.24, 2.45) is 23.7 Å². The van der Waals surface area contributed by atoms with E-state index in [9.17, 15) is 13.6 Å². The maximum atomic E-state index is 13.6. The van der Waals surface area contributed by atoms with E-state index >= 15 is 0 Å². The molecule has 5 aliphatic carbocycles. The number of aliphatic hydroxyl groups excluding tert-OH is 1. The molecule has 32 heavy (non-hydrogen) atoms. The quantitative estimate of drug-likeness (QED) is 0.497. The van der Waals surface area contributed by atoms with Gasteiger partial charge in [-0.1, -0.05) is 12.8 Å². The standard InChI is InChI=1S/C22H30F2N2O5S/c23-22(24,21(28)29)10-30-20-18(32-15-3-1-2-4-15)17(31-26-20)19(27)25-16-13-6-11-5-12(8-13)9-14(16)7-11/h11-16,21,28-29H,1-10H2,(H,25,27). The second-order valence-electron chi connectivity index (χ2n) is 10.0. The van der Waals surface area contributed by atoms with Gasteiger partial charge in [0, 0.05) is 11.3 Å². The van der Waals surface area contributed by atoms with Crippen LogP contribution >= 0.6 is 11.8 Å². The first-order valence-corrected chi connectivity index (χ1v) is 12.5. The van der Waals surface area contributed by atoms with E-state index in [1.165, 1.54) is 18.2 Å². The highest BCUT2D eigenvalue weighted by Crippen LogP contribution is 2.54. The van der Waals surface area contributed by atoms with Gasteiger partial charge in [-0.25, -0.2) is 0 Å². The first-order chi connectivity index (χ1) is 15.3. The number of thioether (sulfide) groups is 1. The molecule has 0 atom stereocenters. The van der Waals surface area contributed by atoms with Crippen molar-refractivity contribution in [1.29, 1.82) is 0 Å². The van der Waals surface area contributed by atoms with E-state index in [4.69, 9.17) is 19.5 Å². The van der Waals surface area contributed by atoms with Crippen molar-refractivity contribution in [2.75, 3.05) is 6.61 Å². The van der Waals surface area contributed by atoms with Crippen molar-refractivity contribution in [2.45, 2.75) is 86.2 Å². The average Bonchev–Trinajstić information content (AvgIpc) is 3.39. The summed E-state index contributed by atoms with van der Waals surface area (Å²) in [5.41, 5.74) is 0. The average molecular weight is 473 g/mol. The maximum absolute atomic E-state index is 13.6. The van der Waals surface area contributed by atoms with Crippen molar-refractivity contribution in [1.82, 2.24) is 10.5 Å². The molecule has 0 radical (unpaired) electrons. The van der Waals surface area contributed by atoms with E-state index in [-0.39, 0.29) is 28.8 Å². The molecule has 4 bridgehead atoms. The van der Waals surface area contributed by atoms with Crippen LogP contribution in [0.5, 0.6) is 5.88 Å². The Bertz CT molecular complexity index is 814. The molecule has 0 unspecified atom stereocenters. The summed E-state index contributed by atoms with van der Waals surface area (Å²) in [5.74, 6) is -1.89. The Morgan fingerprint density at radius 1 is 1.16 bits per heavy atom. The number of alkyl halides is 2. The smallest absolute Gasteiger partial charge is 0.330 e. The van der Waals surface area contributed by atoms with Gasteiger partial charge in [0.1, 0.15) is 4.90 Å². The normalized spacial score (nSPS) is 32.1. The first-order valence-electron chi connectivity index (χ1n) is 11.6. The van der Waals surface area contributed by atoms with Gasteiger partial charge in [0.25, 0.3) is 11.8 Å². The third kappa shape index (κ3) is 4.37. The molecule has 1 aromatic rings. The lowest BCUT2D eigenvalue weighted by atomic mass is 9.54. The zero-order valence-electron chi connectivity index (χ0n) is 17.8. The highest BCUT2D eigenvalue weighted by molar-refractivity contribution is 8.00. The summed E-state index contributed by atoms with van der Waals surface area (Å²) in [4.78, 5) is 13.5. The number of carbonyl (C=O) groups is 1. The molecule has 3 N–H and O–H groups in total. The molecule has 0 saturated heterocycles. The van der Waals surface area contributed by atoms with Gasteiger partial charge in [0.15, 0.2) is 6.61 Å². The van der Waals surface area contributed by atoms with Crippen LogP contribution in [0.2, 0.25) is 0 Å². The van der Waals surface area contributed by atoms with Crippen LogP contribution in [-0.4, -0.2) is 51.4 Å². The third-order valence-corrected chi connectivity index (χ3v) is 9.12. The molecule has 1 amide bonds. The number of ether oxygens (including phenoxy) is 1. The lowest BCUT2D eigenvalue weighted by Gasteiger charge is -2.54. The molecule has 5 fully saturated rings. The third-order valence-electron chi connectivity index (χ3n) is 7.72. The van der Waals surface area contributed by atoms with Crippen LogP contribution in [0.15, 0.2) is 9.42 Å². The molecule has 5 saturated carbocycles. The maximum Gasteiger partial charge on any atom is 0.330 e. The Morgan fingerprint density at radius 2 is 1.78 bits per heavy atom. The Labute approximate surface area is 189 Å². The van der Waals surface area contributed by atoms with Gasteiger partial charge in [-0.15, -0.1) is 11.8 Å². The van der Waals surface area contributed by atoms with Crippen LogP contribution in [0.25, 0.3) is 0 Å². The fourth-order valence-electron chi connectivity index (χ4n) is 6.40. The lowest BCUT2D eigenvalue weighted by molar-refractivity contribution is -0.220. The second kappa shape index (κ2) is 8.76. The monoisotopic (exact) mass is 472 g/mol. The van der Waals surface area contributed by atoms with E-state index in [0.29, 0.717) is 16.7 Å². The topological polar surface area (TPSA) is 105 Å². The number of amides is 1. The Kier molecular flexibility index (Phi) is 6.13. The van der Waals surface area contributed by atoms with Crippen molar-refractivity contribution in [3.05, 3.63) is 5.76 Å². The van der Waals surface area contributed by atoms with Crippen LogP contribution in [-0.2, 0) is 0 Å². The molecule has 1 heterocycles. The molecule has 6 rings (SSSR count). The zero-order chi connectivity index (χ0) is 22.5. The summed E-state index contributed by atoms with van der Waals surface area (Å²) in [6.45, 7) is -1.27. The summed E-state index contributed by atoms with van der Waals surface area (Å²) >= 11 is 1.38. The Morgan fingerprint density at radius 3 is 2.38 bits per heavy atom. The summed E-state index contributed by atoms with van der Waals surface area (Å²) in [7, 11) is 0. The molecule has 0 spiro atoms. The van der Waals surface area contributed by atoms with Crippen LogP contribution in [0, 0.1) is 23.7 Å². The zero-order valence-corrected chi connectivity index (χ0v) is 18.7. The Balaban J connectivity index is 1.33. The molecular weight excluding hydrogens is 442 g/mol. The number of aliphatic hydroxyl groups is 2. The van der Waals surface area contributed by atoms with Gasteiger partial charge < -0.3 is 24.8 Å². The molecule has 7 nitrogen and oxygen atoms in total. The van der Waals surface area contributed by atoms with Crippen LogP contribution in [0.4, 0.5) is 8.78 Å². The largest absolute Gasteiger partial charge is 0.468 e. The van der Waals surface area contributed by atoms with Gasteiger partial charge >= 0.3 is 5.92 Å². The summed E-state index contributed by atoms with van der Waals surface area (Å²) < 4.78 is 37.7. The van der Waals surface area contributed by atoms with Gasteiger partial charge in [-0.05, 0) is 73.8 Å². The van der Waals surface area contributed by atoms with Gasteiger partial charge in [0.2, 0.25) is 12.1 Å². The van der Waals surface area contributed by atoms with Crippen molar-refractivity contribution in [3.8, 4) is 5.88 Å². The second-order valence-corrected chi connectivity index (χ2v) is 11.3.